The molecule has 1 aromatic heterocycles. The number of pyridine rings is 1. The van der Waals surface area contributed by atoms with Crippen molar-refractivity contribution in [1.29, 1.82) is 0 Å². The Labute approximate surface area is 98.2 Å². The molecule has 2 nitrogen and oxygen atoms in total. The highest BCUT2D eigenvalue weighted by atomic mass is 32.2. The fourth-order valence-electron chi connectivity index (χ4n) is 1.53. The minimum Gasteiger partial charge on any atom is -0.252 e. The second-order valence-corrected chi connectivity index (χ2v) is 6.87. The van der Waals surface area contributed by atoms with E-state index in [-0.39, 0.29) is 4.75 Å². The molecule has 0 saturated carbocycles. The molecule has 84 valence electrons. The van der Waals surface area contributed by atoms with E-state index in [0.29, 0.717) is 5.03 Å². The normalized spacial score (nSPS) is 13.9. The molecule has 1 heterocycles. The Hall–Kier alpha value is -1.22. The predicted octanol–water partition coefficient (Wildman–Crippen LogP) is 3.14. The second-order valence-electron chi connectivity index (χ2n) is 4.72. The van der Waals surface area contributed by atoms with Gasteiger partial charge in [-0.25, -0.2) is 4.98 Å². The summed E-state index contributed by atoms with van der Waals surface area (Å²) in [5.74, 6) is 0. The standard InChI is InChI=1S/C13H15NOS/c1-13(2,3)16(15)12-11-7-5-4-6-10(11)8-9-14-12/h4-9H,1-3H3. The number of benzene rings is 1. The van der Waals surface area contributed by atoms with Crippen molar-refractivity contribution in [2.45, 2.75) is 30.5 Å². The summed E-state index contributed by atoms with van der Waals surface area (Å²) < 4.78 is 12.0. The Balaban J connectivity index is 2.66. The van der Waals surface area contributed by atoms with Gasteiger partial charge in [0.1, 0.15) is 5.03 Å². The fraction of sp³-hybridized carbons (Fsp3) is 0.308. The lowest BCUT2D eigenvalue weighted by Gasteiger charge is -2.17. The third-order valence-corrected chi connectivity index (χ3v) is 4.16. The van der Waals surface area contributed by atoms with E-state index in [0.717, 1.165) is 10.8 Å². The van der Waals surface area contributed by atoms with Gasteiger partial charge in [0.05, 0.1) is 10.8 Å². The molecule has 1 aromatic carbocycles. The van der Waals surface area contributed by atoms with Gasteiger partial charge in [0.15, 0.2) is 0 Å². The molecule has 0 bridgehead atoms. The van der Waals surface area contributed by atoms with Crippen molar-refractivity contribution in [2.24, 2.45) is 0 Å². The molecule has 0 fully saturated rings. The topological polar surface area (TPSA) is 30.0 Å². The van der Waals surface area contributed by atoms with Gasteiger partial charge in [-0.05, 0) is 32.2 Å². The van der Waals surface area contributed by atoms with Crippen molar-refractivity contribution >= 4 is 21.6 Å². The molecule has 2 aromatic rings. The van der Waals surface area contributed by atoms with Gasteiger partial charge >= 0.3 is 0 Å². The van der Waals surface area contributed by atoms with Gasteiger partial charge in [-0.15, -0.1) is 0 Å². The first-order chi connectivity index (χ1) is 7.50. The molecule has 3 heteroatoms. The van der Waals surface area contributed by atoms with E-state index >= 15 is 0 Å². The molecular weight excluding hydrogens is 218 g/mol. The molecule has 16 heavy (non-hydrogen) atoms. The smallest absolute Gasteiger partial charge is 0.135 e. The van der Waals surface area contributed by atoms with Crippen LogP contribution in [0.25, 0.3) is 10.8 Å². The van der Waals surface area contributed by atoms with Crippen LogP contribution in [0.4, 0.5) is 0 Å². The van der Waals surface area contributed by atoms with E-state index in [1.54, 1.807) is 6.20 Å². The summed E-state index contributed by atoms with van der Waals surface area (Å²) in [6, 6.07) is 9.86. The number of fused-ring (bicyclic) bond motifs is 1. The molecule has 1 unspecified atom stereocenters. The van der Waals surface area contributed by atoms with Gasteiger partial charge < -0.3 is 0 Å². The van der Waals surface area contributed by atoms with Crippen molar-refractivity contribution in [3.8, 4) is 0 Å². The fourth-order valence-corrected chi connectivity index (χ4v) is 2.65. The largest absolute Gasteiger partial charge is 0.252 e. The zero-order chi connectivity index (χ0) is 11.8. The second kappa shape index (κ2) is 3.98. The lowest BCUT2D eigenvalue weighted by atomic mass is 10.2. The summed E-state index contributed by atoms with van der Waals surface area (Å²) in [5.41, 5.74) is 0. The van der Waals surface area contributed by atoms with Crippen LogP contribution in [0.3, 0.4) is 0 Å². The molecule has 0 aliphatic rings. The number of nitrogens with zero attached hydrogens (tertiary/aromatic N) is 1. The number of aromatic nitrogens is 1. The highest BCUT2D eigenvalue weighted by Crippen LogP contribution is 2.25. The van der Waals surface area contributed by atoms with Gasteiger partial charge in [0.25, 0.3) is 0 Å². The van der Waals surface area contributed by atoms with Gasteiger partial charge in [-0.2, -0.15) is 0 Å². The van der Waals surface area contributed by atoms with Crippen LogP contribution in [0.2, 0.25) is 0 Å². The van der Waals surface area contributed by atoms with Crippen LogP contribution in [-0.2, 0) is 10.8 Å². The van der Waals surface area contributed by atoms with Crippen molar-refractivity contribution in [2.75, 3.05) is 0 Å². The lowest BCUT2D eigenvalue weighted by molar-refractivity contribution is 0.646. The average Bonchev–Trinajstić information content (AvgIpc) is 2.26. The van der Waals surface area contributed by atoms with E-state index in [1.807, 2.05) is 51.1 Å². The van der Waals surface area contributed by atoms with Crippen LogP contribution in [0.5, 0.6) is 0 Å². The molecule has 0 saturated heterocycles. The van der Waals surface area contributed by atoms with Gasteiger partial charge in [-0.3, -0.25) is 4.21 Å². The zero-order valence-electron chi connectivity index (χ0n) is 9.73. The Bertz CT molecular complexity index is 538. The van der Waals surface area contributed by atoms with Crippen LogP contribution >= 0.6 is 0 Å². The maximum Gasteiger partial charge on any atom is 0.135 e. The summed E-state index contributed by atoms with van der Waals surface area (Å²) in [6.45, 7) is 5.89. The van der Waals surface area contributed by atoms with Gasteiger partial charge in [0, 0.05) is 16.3 Å². The van der Waals surface area contributed by atoms with Crippen molar-refractivity contribution in [3.63, 3.8) is 0 Å². The van der Waals surface area contributed by atoms with Gasteiger partial charge in [-0.1, -0.05) is 24.3 Å². The monoisotopic (exact) mass is 233 g/mol. The van der Waals surface area contributed by atoms with Crippen molar-refractivity contribution < 1.29 is 4.21 Å². The molecule has 1 atom stereocenters. The summed E-state index contributed by atoms with van der Waals surface area (Å²) in [5, 5.41) is 2.76. The van der Waals surface area contributed by atoms with Crippen LogP contribution in [0, 0.1) is 0 Å². The molecule has 0 amide bonds. The van der Waals surface area contributed by atoms with Crippen LogP contribution in [-0.4, -0.2) is 13.9 Å². The number of rotatable bonds is 1. The van der Waals surface area contributed by atoms with E-state index in [2.05, 4.69) is 4.98 Å². The summed E-state index contributed by atoms with van der Waals surface area (Å²) in [7, 11) is -1.09. The Morgan fingerprint density at radius 2 is 1.81 bits per heavy atom. The van der Waals surface area contributed by atoms with Crippen LogP contribution < -0.4 is 0 Å². The van der Waals surface area contributed by atoms with Crippen molar-refractivity contribution in [3.05, 3.63) is 36.5 Å². The maximum atomic E-state index is 12.3. The number of hydrogen-bond acceptors (Lipinski definition) is 2. The van der Waals surface area contributed by atoms with E-state index in [4.69, 9.17) is 0 Å². The minimum atomic E-state index is -1.09. The van der Waals surface area contributed by atoms with Crippen LogP contribution in [0.1, 0.15) is 20.8 Å². The molecule has 0 spiro atoms. The number of hydrogen-bond donors (Lipinski definition) is 0. The van der Waals surface area contributed by atoms with Crippen LogP contribution in [0.15, 0.2) is 41.6 Å². The predicted molar refractivity (Wildman–Crippen MR) is 67.9 cm³/mol. The van der Waals surface area contributed by atoms with E-state index in [1.165, 1.54) is 0 Å². The molecule has 0 radical (unpaired) electrons. The highest BCUT2D eigenvalue weighted by molar-refractivity contribution is 7.86. The summed E-state index contributed by atoms with van der Waals surface area (Å²) >= 11 is 0. The minimum absolute atomic E-state index is 0.281. The third kappa shape index (κ3) is 2.00. The average molecular weight is 233 g/mol. The SMILES string of the molecule is CC(C)(C)S(=O)c1nccc2ccccc12. The first-order valence-electron chi connectivity index (χ1n) is 5.26. The molecule has 0 N–H and O–H groups in total. The lowest BCUT2D eigenvalue weighted by Crippen LogP contribution is -2.22. The van der Waals surface area contributed by atoms with E-state index in [9.17, 15) is 4.21 Å². The molecule has 0 aliphatic heterocycles. The quantitative estimate of drug-likeness (QED) is 0.757. The molecular formula is C13H15NOS. The maximum absolute atomic E-state index is 12.3. The third-order valence-electron chi connectivity index (χ3n) is 2.37. The molecule has 0 aliphatic carbocycles. The highest BCUT2D eigenvalue weighted by Gasteiger charge is 2.23. The Morgan fingerprint density at radius 3 is 2.50 bits per heavy atom. The molecule has 2 rings (SSSR count). The van der Waals surface area contributed by atoms with E-state index < -0.39 is 10.8 Å². The zero-order valence-corrected chi connectivity index (χ0v) is 10.5. The summed E-state index contributed by atoms with van der Waals surface area (Å²) in [4.78, 5) is 4.27. The first kappa shape index (κ1) is 11.3. The van der Waals surface area contributed by atoms with Gasteiger partial charge in [0.2, 0.25) is 0 Å². The summed E-state index contributed by atoms with van der Waals surface area (Å²) in [6.07, 6.45) is 1.72. The Kier molecular flexibility index (Phi) is 2.80. The Morgan fingerprint density at radius 1 is 1.12 bits per heavy atom. The first-order valence-corrected chi connectivity index (χ1v) is 6.41. The van der Waals surface area contributed by atoms with Crippen molar-refractivity contribution in [1.82, 2.24) is 4.98 Å².